The number of benzene rings is 1. The minimum atomic E-state index is -0.649. The lowest BCUT2D eigenvalue weighted by molar-refractivity contribution is -0.136. The molecule has 3 rings (SSSR count). The number of carbonyl (C=O) groups excluding carboxylic acids is 3. The number of aromatic nitrogens is 1. The monoisotopic (exact) mass is 415 g/mol. The molecule has 1 aromatic carbocycles. The predicted octanol–water partition coefficient (Wildman–Crippen LogP) is 1.19. The summed E-state index contributed by atoms with van der Waals surface area (Å²) in [6.45, 7) is 1.74. The molecule has 1 aliphatic heterocycles. The summed E-state index contributed by atoms with van der Waals surface area (Å²) in [6.07, 6.45) is 1.19. The molecule has 10 nitrogen and oxygen atoms in total. The van der Waals surface area contributed by atoms with E-state index >= 15 is 0 Å². The van der Waals surface area contributed by atoms with E-state index in [4.69, 9.17) is 13.9 Å². The summed E-state index contributed by atoms with van der Waals surface area (Å²) in [5.74, 6) is -1.57. The van der Waals surface area contributed by atoms with Crippen LogP contribution in [0.4, 0.5) is 5.69 Å². The molecule has 1 aliphatic rings. The Kier molecular flexibility index (Phi) is 6.48. The first kappa shape index (κ1) is 21.1. The van der Waals surface area contributed by atoms with Crippen molar-refractivity contribution in [2.24, 2.45) is 0 Å². The number of amides is 1. The van der Waals surface area contributed by atoms with Gasteiger partial charge in [-0.2, -0.15) is 0 Å². The Labute approximate surface area is 172 Å². The number of aliphatic hydroxyl groups excluding tert-OH is 1. The van der Waals surface area contributed by atoms with Gasteiger partial charge < -0.3 is 29.2 Å². The third kappa shape index (κ3) is 4.18. The first-order valence-corrected chi connectivity index (χ1v) is 9.20. The number of ether oxygens (including phenoxy) is 2. The van der Waals surface area contributed by atoms with Gasteiger partial charge in [-0.1, -0.05) is 12.1 Å². The molecule has 2 heterocycles. The van der Waals surface area contributed by atoms with Gasteiger partial charge in [0.15, 0.2) is 5.69 Å². The molecule has 2 aromatic rings. The Morgan fingerprint density at radius 1 is 1.30 bits per heavy atom. The van der Waals surface area contributed by atoms with E-state index in [0.29, 0.717) is 11.3 Å². The largest absolute Gasteiger partial charge is 0.466 e. The van der Waals surface area contributed by atoms with Crippen molar-refractivity contribution in [2.45, 2.75) is 6.92 Å². The van der Waals surface area contributed by atoms with E-state index in [1.54, 1.807) is 31.2 Å². The Bertz CT molecular complexity index is 996. The number of nitrogens with zero attached hydrogens (tertiary/aromatic N) is 2. The van der Waals surface area contributed by atoms with Gasteiger partial charge in [0.2, 0.25) is 5.89 Å². The normalized spacial score (nSPS) is 13.6. The number of para-hydroxylation sites is 1. The smallest absolute Gasteiger partial charge is 0.360 e. The maximum absolute atomic E-state index is 12.7. The number of esters is 2. The van der Waals surface area contributed by atoms with Crippen LogP contribution in [0.15, 0.2) is 46.2 Å². The Morgan fingerprint density at radius 3 is 2.77 bits per heavy atom. The highest BCUT2D eigenvalue weighted by atomic mass is 16.5. The molecule has 0 aliphatic carbocycles. The maximum Gasteiger partial charge on any atom is 0.360 e. The van der Waals surface area contributed by atoms with Crippen LogP contribution >= 0.6 is 0 Å². The van der Waals surface area contributed by atoms with Crippen LogP contribution in [-0.4, -0.2) is 66.2 Å². The third-order valence-corrected chi connectivity index (χ3v) is 4.36. The highest BCUT2D eigenvalue weighted by Gasteiger charge is 2.35. The highest BCUT2D eigenvalue weighted by molar-refractivity contribution is 6.09. The standard InChI is InChI=1S/C20H21N3O7/c1-3-29-20(27)15-11-30-17(22-15)12-6-4-5-7-14(12)21-16-13(19(26)28-2)10-23(8-9-24)18(16)25/h4-7,11,21,24H,3,8-10H2,1-2H3. The van der Waals surface area contributed by atoms with E-state index < -0.39 is 17.8 Å². The van der Waals surface area contributed by atoms with Crippen LogP contribution in [0, 0.1) is 0 Å². The molecule has 0 spiro atoms. The first-order valence-electron chi connectivity index (χ1n) is 9.20. The molecule has 0 saturated heterocycles. The molecule has 0 fully saturated rings. The minimum absolute atomic E-state index is 0.0159. The molecule has 0 atom stereocenters. The van der Waals surface area contributed by atoms with Crippen molar-refractivity contribution >= 4 is 23.5 Å². The molecule has 1 amide bonds. The number of oxazole rings is 1. The van der Waals surface area contributed by atoms with E-state index in [9.17, 15) is 19.5 Å². The summed E-state index contributed by atoms with van der Waals surface area (Å²) in [5, 5.41) is 12.1. The lowest BCUT2D eigenvalue weighted by atomic mass is 10.1. The van der Waals surface area contributed by atoms with E-state index in [-0.39, 0.29) is 49.2 Å². The fraction of sp³-hybridized carbons (Fsp3) is 0.300. The summed E-state index contributed by atoms with van der Waals surface area (Å²) in [5.41, 5.74) is 1.11. The Balaban J connectivity index is 1.95. The van der Waals surface area contributed by atoms with Gasteiger partial charge >= 0.3 is 11.9 Å². The number of nitrogens with one attached hydrogen (secondary N) is 1. The number of aliphatic hydroxyl groups is 1. The van der Waals surface area contributed by atoms with Crippen LogP contribution < -0.4 is 5.32 Å². The lowest BCUT2D eigenvalue weighted by Crippen LogP contribution is -2.31. The summed E-state index contributed by atoms with van der Waals surface area (Å²) in [7, 11) is 1.23. The number of hydrogen-bond acceptors (Lipinski definition) is 9. The van der Waals surface area contributed by atoms with Crippen LogP contribution in [0.25, 0.3) is 11.5 Å². The molecule has 0 unspecified atom stereocenters. The van der Waals surface area contributed by atoms with E-state index in [2.05, 4.69) is 10.3 Å². The number of anilines is 1. The zero-order chi connectivity index (χ0) is 21.7. The van der Waals surface area contributed by atoms with Gasteiger partial charge in [0.25, 0.3) is 5.91 Å². The third-order valence-electron chi connectivity index (χ3n) is 4.36. The van der Waals surface area contributed by atoms with Crippen LogP contribution in [0.3, 0.4) is 0 Å². The fourth-order valence-corrected chi connectivity index (χ4v) is 2.96. The number of carbonyl (C=O) groups is 3. The highest BCUT2D eigenvalue weighted by Crippen LogP contribution is 2.30. The molecule has 0 bridgehead atoms. The quantitative estimate of drug-likeness (QED) is 0.610. The van der Waals surface area contributed by atoms with E-state index in [0.717, 1.165) is 0 Å². The average molecular weight is 415 g/mol. The van der Waals surface area contributed by atoms with Crippen molar-refractivity contribution in [2.75, 3.05) is 38.7 Å². The summed E-state index contributed by atoms with van der Waals surface area (Å²) < 4.78 is 15.1. The SMILES string of the molecule is CCOC(=O)c1coc(-c2ccccc2NC2=C(C(=O)OC)CN(CCO)C2=O)n1. The lowest BCUT2D eigenvalue weighted by Gasteiger charge is -2.15. The molecule has 158 valence electrons. The second-order valence-corrected chi connectivity index (χ2v) is 6.22. The maximum atomic E-state index is 12.7. The first-order chi connectivity index (χ1) is 14.5. The molecule has 2 N–H and O–H groups in total. The topological polar surface area (TPSA) is 131 Å². The van der Waals surface area contributed by atoms with Crippen molar-refractivity contribution < 1.29 is 33.4 Å². The Morgan fingerprint density at radius 2 is 2.07 bits per heavy atom. The number of rotatable bonds is 8. The predicted molar refractivity (Wildman–Crippen MR) is 104 cm³/mol. The molecule has 1 aromatic heterocycles. The van der Waals surface area contributed by atoms with Gasteiger partial charge in [0.1, 0.15) is 12.0 Å². The number of methoxy groups -OCH3 is 1. The molecule has 30 heavy (non-hydrogen) atoms. The van der Waals surface area contributed by atoms with E-state index in [1.165, 1.54) is 18.3 Å². The Hall–Kier alpha value is -3.66. The van der Waals surface area contributed by atoms with Crippen LogP contribution in [0.5, 0.6) is 0 Å². The van der Waals surface area contributed by atoms with Crippen LogP contribution in [-0.2, 0) is 19.1 Å². The van der Waals surface area contributed by atoms with Gasteiger partial charge in [-0.25, -0.2) is 14.6 Å². The van der Waals surface area contributed by atoms with Gasteiger partial charge in [-0.05, 0) is 19.1 Å². The van der Waals surface area contributed by atoms with Crippen LogP contribution in [0.1, 0.15) is 17.4 Å². The zero-order valence-electron chi connectivity index (χ0n) is 16.5. The van der Waals surface area contributed by atoms with Gasteiger partial charge in [-0.15, -0.1) is 0 Å². The van der Waals surface area contributed by atoms with Crippen molar-refractivity contribution in [3.05, 3.63) is 47.5 Å². The van der Waals surface area contributed by atoms with Gasteiger partial charge in [0, 0.05) is 6.54 Å². The minimum Gasteiger partial charge on any atom is -0.466 e. The summed E-state index contributed by atoms with van der Waals surface area (Å²) in [4.78, 5) is 42.2. The molecule has 0 radical (unpaired) electrons. The summed E-state index contributed by atoms with van der Waals surface area (Å²) >= 11 is 0. The van der Waals surface area contributed by atoms with Crippen LogP contribution in [0.2, 0.25) is 0 Å². The average Bonchev–Trinajstić information content (AvgIpc) is 3.35. The summed E-state index contributed by atoms with van der Waals surface area (Å²) in [6, 6.07) is 6.82. The van der Waals surface area contributed by atoms with Crippen molar-refractivity contribution in [3.8, 4) is 11.5 Å². The van der Waals surface area contributed by atoms with Gasteiger partial charge in [0.05, 0.1) is 43.7 Å². The number of β-amino-alcohol motifs (C(OH)–C–C–N with tert-alkyl or cyclic N) is 1. The van der Waals surface area contributed by atoms with Crippen molar-refractivity contribution in [3.63, 3.8) is 0 Å². The number of hydrogen-bond donors (Lipinski definition) is 2. The fourth-order valence-electron chi connectivity index (χ4n) is 2.96. The molecular formula is C20H21N3O7. The molecular weight excluding hydrogens is 394 g/mol. The van der Waals surface area contributed by atoms with E-state index in [1.807, 2.05) is 0 Å². The molecule has 10 heteroatoms. The second kappa shape index (κ2) is 9.23. The molecule has 0 saturated carbocycles. The van der Waals surface area contributed by atoms with Crippen molar-refractivity contribution in [1.82, 2.24) is 9.88 Å². The second-order valence-electron chi connectivity index (χ2n) is 6.22. The van der Waals surface area contributed by atoms with Crippen molar-refractivity contribution in [1.29, 1.82) is 0 Å². The zero-order valence-corrected chi connectivity index (χ0v) is 16.5. The van der Waals surface area contributed by atoms with Gasteiger partial charge in [-0.3, -0.25) is 4.79 Å².